The predicted molar refractivity (Wildman–Crippen MR) is 99.2 cm³/mol. The second-order valence-electron chi connectivity index (χ2n) is 5.96. The Bertz CT molecular complexity index is 1060. The molecule has 0 amide bonds. The largest absolute Gasteiger partial charge is 0.465 e. The summed E-state index contributed by atoms with van der Waals surface area (Å²) in [5.41, 5.74) is 1.46. The lowest BCUT2D eigenvalue weighted by molar-refractivity contribution is 0.0734. The number of ketones is 1. The van der Waals surface area contributed by atoms with E-state index in [0.717, 1.165) is 0 Å². The standard InChI is InChI=1S/C21H13ClO5/c1-12-9-16(26-21(24)13-4-6-14(22)7-5-13)11-17-19(12)20(23)18(27-17)10-15-3-2-8-25-15/h2-11H,1H3/b18-10-. The smallest absolute Gasteiger partial charge is 0.343 e. The first-order valence-electron chi connectivity index (χ1n) is 8.11. The van der Waals surface area contributed by atoms with E-state index in [0.29, 0.717) is 39.0 Å². The van der Waals surface area contributed by atoms with Crippen molar-refractivity contribution in [1.82, 2.24) is 0 Å². The number of Topliss-reactive ketones (excluding diaryl/α,β-unsaturated/α-hetero) is 1. The minimum Gasteiger partial charge on any atom is -0.465 e. The summed E-state index contributed by atoms with van der Waals surface area (Å²) < 4.78 is 16.3. The Labute approximate surface area is 159 Å². The topological polar surface area (TPSA) is 65.7 Å². The van der Waals surface area contributed by atoms with Crippen molar-refractivity contribution in [1.29, 1.82) is 0 Å². The average Bonchev–Trinajstić information content (AvgIpc) is 3.24. The van der Waals surface area contributed by atoms with Gasteiger partial charge in [0.15, 0.2) is 5.76 Å². The van der Waals surface area contributed by atoms with E-state index in [1.807, 2.05) is 0 Å². The first-order chi connectivity index (χ1) is 13.0. The molecule has 1 aromatic heterocycles. The molecule has 4 rings (SSSR count). The third kappa shape index (κ3) is 3.37. The van der Waals surface area contributed by atoms with Gasteiger partial charge in [-0.05, 0) is 55.0 Å². The zero-order valence-corrected chi connectivity index (χ0v) is 14.9. The van der Waals surface area contributed by atoms with Crippen LogP contribution in [-0.4, -0.2) is 11.8 Å². The lowest BCUT2D eigenvalue weighted by Crippen LogP contribution is -2.08. The highest BCUT2D eigenvalue weighted by Gasteiger charge is 2.30. The van der Waals surface area contributed by atoms with Crippen molar-refractivity contribution in [2.75, 3.05) is 0 Å². The molecule has 2 heterocycles. The maximum Gasteiger partial charge on any atom is 0.343 e. The van der Waals surface area contributed by atoms with Crippen molar-refractivity contribution in [2.45, 2.75) is 6.92 Å². The van der Waals surface area contributed by atoms with Crippen molar-refractivity contribution >= 4 is 29.4 Å². The Morgan fingerprint density at radius 3 is 2.63 bits per heavy atom. The first-order valence-corrected chi connectivity index (χ1v) is 8.49. The molecule has 0 aliphatic carbocycles. The fourth-order valence-electron chi connectivity index (χ4n) is 2.79. The van der Waals surface area contributed by atoms with Gasteiger partial charge in [-0.15, -0.1) is 0 Å². The quantitative estimate of drug-likeness (QED) is 0.360. The summed E-state index contributed by atoms with van der Waals surface area (Å²) in [7, 11) is 0. The molecule has 0 bridgehead atoms. The van der Waals surface area contributed by atoms with Crippen molar-refractivity contribution < 1.29 is 23.5 Å². The molecule has 3 aromatic rings. The number of hydrogen-bond acceptors (Lipinski definition) is 5. The Balaban J connectivity index is 1.60. The van der Waals surface area contributed by atoms with Crippen LogP contribution >= 0.6 is 11.6 Å². The molecule has 1 aliphatic heterocycles. The van der Waals surface area contributed by atoms with Crippen molar-refractivity contribution in [3.8, 4) is 11.5 Å². The number of rotatable bonds is 3. The zero-order valence-electron chi connectivity index (χ0n) is 14.2. The molecule has 6 heteroatoms. The van der Waals surface area contributed by atoms with E-state index in [-0.39, 0.29) is 11.5 Å². The SMILES string of the molecule is Cc1cc(OC(=O)c2ccc(Cl)cc2)cc2c1C(=O)/C(=C/c1ccco1)O2. The minimum absolute atomic E-state index is 0.157. The van der Waals surface area contributed by atoms with Crippen LogP contribution in [0.2, 0.25) is 5.02 Å². The van der Waals surface area contributed by atoms with Crippen LogP contribution < -0.4 is 9.47 Å². The van der Waals surface area contributed by atoms with E-state index in [1.165, 1.54) is 18.4 Å². The predicted octanol–water partition coefficient (Wildman–Crippen LogP) is 5.08. The number of hydrogen-bond donors (Lipinski definition) is 0. The van der Waals surface area contributed by atoms with Crippen molar-refractivity contribution in [2.24, 2.45) is 0 Å². The maximum atomic E-state index is 12.6. The van der Waals surface area contributed by atoms with Gasteiger partial charge in [-0.25, -0.2) is 4.79 Å². The van der Waals surface area contributed by atoms with Gasteiger partial charge in [0.1, 0.15) is 17.3 Å². The highest BCUT2D eigenvalue weighted by molar-refractivity contribution is 6.30. The molecule has 0 N–H and O–H groups in total. The van der Waals surface area contributed by atoms with Crippen molar-refractivity contribution in [3.63, 3.8) is 0 Å². The highest BCUT2D eigenvalue weighted by Crippen LogP contribution is 2.37. The number of furan rings is 1. The number of aryl methyl sites for hydroxylation is 1. The van der Waals surface area contributed by atoms with Gasteiger partial charge in [0.25, 0.3) is 0 Å². The maximum absolute atomic E-state index is 12.6. The van der Waals surface area contributed by atoms with Crippen LogP contribution in [0, 0.1) is 6.92 Å². The third-order valence-electron chi connectivity index (χ3n) is 4.05. The monoisotopic (exact) mass is 380 g/mol. The van der Waals surface area contributed by atoms with Crippen LogP contribution in [0.25, 0.3) is 6.08 Å². The van der Waals surface area contributed by atoms with Crippen molar-refractivity contribution in [3.05, 3.63) is 88.0 Å². The van der Waals surface area contributed by atoms with Crippen LogP contribution in [0.3, 0.4) is 0 Å². The summed E-state index contributed by atoms with van der Waals surface area (Å²) in [4.78, 5) is 24.9. The van der Waals surface area contributed by atoms with Gasteiger partial charge in [-0.2, -0.15) is 0 Å². The van der Waals surface area contributed by atoms with Crippen LogP contribution in [0.4, 0.5) is 0 Å². The molecule has 134 valence electrons. The van der Waals surface area contributed by atoms with E-state index in [1.54, 1.807) is 49.4 Å². The van der Waals surface area contributed by atoms with E-state index in [4.69, 9.17) is 25.5 Å². The first kappa shape index (κ1) is 17.1. The van der Waals surface area contributed by atoms with Gasteiger partial charge in [-0.3, -0.25) is 4.79 Å². The molecule has 5 nitrogen and oxygen atoms in total. The molecule has 27 heavy (non-hydrogen) atoms. The summed E-state index contributed by atoms with van der Waals surface area (Å²) in [5.74, 6) is 0.536. The number of esters is 1. The molecular weight excluding hydrogens is 368 g/mol. The normalized spacial score (nSPS) is 14.1. The van der Waals surface area contributed by atoms with Crippen LogP contribution in [0.5, 0.6) is 11.5 Å². The molecule has 0 unspecified atom stereocenters. The summed E-state index contributed by atoms with van der Waals surface area (Å²) in [6, 6.07) is 13.0. The van der Waals surface area contributed by atoms with Gasteiger partial charge in [0.05, 0.1) is 17.4 Å². The number of allylic oxidation sites excluding steroid dienone is 1. The van der Waals surface area contributed by atoms with Gasteiger partial charge in [0, 0.05) is 17.2 Å². The minimum atomic E-state index is -0.526. The average molecular weight is 381 g/mol. The molecule has 0 saturated heterocycles. The van der Waals surface area contributed by atoms with E-state index < -0.39 is 5.97 Å². The number of halogens is 1. The fourth-order valence-corrected chi connectivity index (χ4v) is 2.92. The Kier molecular flexibility index (Phi) is 4.30. The lowest BCUT2D eigenvalue weighted by atomic mass is 10.0. The zero-order chi connectivity index (χ0) is 19.0. The molecule has 1 aliphatic rings. The van der Waals surface area contributed by atoms with Gasteiger partial charge in [0.2, 0.25) is 5.78 Å². The Morgan fingerprint density at radius 1 is 1.15 bits per heavy atom. The second-order valence-corrected chi connectivity index (χ2v) is 6.40. The summed E-state index contributed by atoms with van der Waals surface area (Å²) >= 11 is 5.83. The fraction of sp³-hybridized carbons (Fsp3) is 0.0476. The van der Waals surface area contributed by atoms with E-state index in [9.17, 15) is 9.59 Å². The number of benzene rings is 2. The number of carbonyl (C=O) groups excluding carboxylic acids is 2. The Morgan fingerprint density at radius 2 is 1.93 bits per heavy atom. The number of fused-ring (bicyclic) bond motifs is 1. The van der Waals surface area contributed by atoms with Gasteiger partial charge in [-0.1, -0.05) is 11.6 Å². The van der Waals surface area contributed by atoms with Crippen LogP contribution in [0.15, 0.2) is 65.0 Å². The van der Waals surface area contributed by atoms with Gasteiger partial charge < -0.3 is 13.9 Å². The van der Waals surface area contributed by atoms with Crippen LogP contribution in [-0.2, 0) is 0 Å². The summed E-state index contributed by atoms with van der Waals surface area (Å²) in [6.07, 6.45) is 3.04. The highest BCUT2D eigenvalue weighted by atomic mass is 35.5. The van der Waals surface area contributed by atoms with E-state index in [2.05, 4.69) is 0 Å². The molecule has 0 spiro atoms. The molecular formula is C21H13ClO5. The molecule has 0 saturated carbocycles. The second kappa shape index (κ2) is 6.78. The molecule has 0 radical (unpaired) electrons. The third-order valence-corrected chi connectivity index (χ3v) is 4.30. The summed E-state index contributed by atoms with van der Waals surface area (Å²) in [6.45, 7) is 1.76. The van der Waals surface area contributed by atoms with E-state index >= 15 is 0 Å². The van der Waals surface area contributed by atoms with Gasteiger partial charge >= 0.3 is 5.97 Å². The Hall–Kier alpha value is -3.31. The summed E-state index contributed by atoms with van der Waals surface area (Å²) in [5, 5.41) is 0.530. The molecule has 0 atom stereocenters. The number of carbonyl (C=O) groups is 2. The van der Waals surface area contributed by atoms with Crippen LogP contribution in [0.1, 0.15) is 32.0 Å². The molecule has 2 aromatic carbocycles. The number of ether oxygens (including phenoxy) is 2. The molecule has 0 fully saturated rings. The lowest BCUT2D eigenvalue weighted by Gasteiger charge is -2.08.